The summed E-state index contributed by atoms with van der Waals surface area (Å²) in [4.78, 5) is 4.63. The van der Waals surface area contributed by atoms with Gasteiger partial charge in [0, 0.05) is 18.5 Å². The van der Waals surface area contributed by atoms with Gasteiger partial charge in [0.05, 0.1) is 11.6 Å². The van der Waals surface area contributed by atoms with E-state index in [2.05, 4.69) is 65.7 Å². The summed E-state index contributed by atoms with van der Waals surface area (Å²) in [5.74, 6) is 0.375. The normalized spacial score (nSPS) is 24.4. The van der Waals surface area contributed by atoms with E-state index >= 15 is 0 Å². The molecule has 3 aliphatic carbocycles. The van der Waals surface area contributed by atoms with Crippen molar-refractivity contribution in [3.8, 4) is 0 Å². The van der Waals surface area contributed by atoms with Crippen molar-refractivity contribution >= 4 is 16.5 Å². The fourth-order valence-electron chi connectivity index (χ4n) is 4.53. The van der Waals surface area contributed by atoms with Gasteiger partial charge in [-0.25, -0.2) is 0 Å². The standard InChI is InChI=1S/C22H18N2/c1-24-22-19(12-23)20-15-8-4-5-9-16(15)21(22)18-11-14-7-3-2-6-13(14)10-17(18)20/h2-12,20-21H,23H2,1H3. The molecule has 2 bridgehead atoms. The van der Waals surface area contributed by atoms with Crippen LogP contribution in [0.25, 0.3) is 10.8 Å². The second kappa shape index (κ2) is 4.81. The predicted octanol–water partition coefficient (Wildman–Crippen LogP) is 4.34. The van der Waals surface area contributed by atoms with Gasteiger partial charge in [0.1, 0.15) is 0 Å². The molecule has 2 atom stereocenters. The summed E-state index contributed by atoms with van der Waals surface area (Å²) in [7, 11) is 1.88. The number of hydrogen-bond donors (Lipinski definition) is 1. The van der Waals surface area contributed by atoms with Gasteiger partial charge in [-0.3, -0.25) is 4.99 Å². The van der Waals surface area contributed by atoms with Crippen LogP contribution in [-0.2, 0) is 0 Å². The summed E-state index contributed by atoms with van der Waals surface area (Å²) >= 11 is 0. The molecule has 0 aliphatic heterocycles. The van der Waals surface area contributed by atoms with Crippen molar-refractivity contribution in [2.75, 3.05) is 7.05 Å². The SMILES string of the molecule is CN=C1C(=CN)C2c3ccccc3C1c1cc3ccccc3cc12. The highest BCUT2D eigenvalue weighted by atomic mass is 14.7. The lowest BCUT2D eigenvalue weighted by molar-refractivity contribution is 0.811. The molecule has 3 aliphatic rings. The maximum Gasteiger partial charge on any atom is 0.0519 e. The van der Waals surface area contributed by atoms with Gasteiger partial charge in [0.15, 0.2) is 0 Å². The second-order valence-electron chi connectivity index (χ2n) is 6.55. The van der Waals surface area contributed by atoms with Crippen LogP contribution in [0.15, 0.2) is 77.4 Å². The highest BCUT2D eigenvalue weighted by Gasteiger charge is 2.44. The van der Waals surface area contributed by atoms with Crippen LogP contribution in [0.2, 0.25) is 0 Å². The van der Waals surface area contributed by atoms with Crippen molar-refractivity contribution in [1.82, 2.24) is 0 Å². The number of nitrogens with zero attached hydrogens (tertiary/aromatic N) is 1. The van der Waals surface area contributed by atoms with E-state index in [9.17, 15) is 0 Å². The fraction of sp³-hybridized carbons (Fsp3) is 0.136. The number of fused-ring (bicyclic) bond motifs is 2. The molecule has 0 fully saturated rings. The van der Waals surface area contributed by atoms with E-state index in [1.165, 1.54) is 33.0 Å². The molecule has 0 aromatic heterocycles. The third-order valence-corrected chi connectivity index (χ3v) is 5.49. The van der Waals surface area contributed by atoms with Gasteiger partial charge in [-0.05, 0) is 51.4 Å². The summed E-state index contributed by atoms with van der Waals surface area (Å²) in [6, 6.07) is 22.0. The van der Waals surface area contributed by atoms with Gasteiger partial charge < -0.3 is 5.73 Å². The molecule has 3 aromatic rings. The first kappa shape index (κ1) is 13.6. The van der Waals surface area contributed by atoms with Crippen molar-refractivity contribution in [2.24, 2.45) is 10.7 Å². The molecule has 0 saturated carbocycles. The average molecular weight is 310 g/mol. The third-order valence-electron chi connectivity index (χ3n) is 5.49. The fourth-order valence-corrected chi connectivity index (χ4v) is 4.53. The molecule has 6 rings (SSSR count). The van der Waals surface area contributed by atoms with Gasteiger partial charge in [-0.2, -0.15) is 0 Å². The Morgan fingerprint density at radius 2 is 1.33 bits per heavy atom. The van der Waals surface area contributed by atoms with Crippen molar-refractivity contribution < 1.29 is 0 Å². The van der Waals surface area contributed by atoms with Crippen LogP contribution in [0, 0.1) is 0 Å². The zero-order chi connectivity index (χ0) is 16.3. The topological polar surface area (TPSA) is 38.4 Å². The molecule has 0 radical (unpaired) electrons. The number of allylic oxidation sites excluding steroid dienone is 1. The van der Waals surface area contributed by atoms with E-state index in [0.717, 1.165) is 11.3 Å². The van der Waals surface area contributed by atoms with Gasteiger partial charge in [0.25, 0.3) is 0 Å². The number of nitrogens with two attached hydrogens (primary N) is 1. The molecule has 0 spiro atoms. The summed E-state index contributed by atoms with van der Waals surface area (Å²) in [6.45, 7) is 0. The van der Waals surface area contributed by atoms with E-state index in [4.69, 9.17) is 5.73 Å². The molecule has 116 valence electrons. The lowest BCUT2D eigenvalue weighted by Gasteiger charge is -2.43. The van der Waals surface area contributed by atoms with Gasteiger partial charge in [-0.1, -0.05) is 48.5 Å². The van der Waals surface area contributed by atoms with Crippen LogP contribution in [0.1, 0.15) is 34.1 Å². The van der Waals surface area contributed by atoms with Crippen LogP contribution in [0.5, 0.6) is 0 Å². The molecular weight excluding hydrogens is 292 g/mol. The summed E-state index contributed by atoms with van der Waals surface area (Å²) in [5, 5.41) is 2.57. The first-order valence-corrected chi connectivity index (χ1v) is 8.33. The minimum absolute atomic E-state index is 0.186. The Hall–Kier alpha value is -2.87. The number of rotatable bonds is 0. The molecule has 2 N–H and O–H groups in total. The molecular formula is C22H18N2. The smallest absolute Gasteiger partial charge is 0.0519 e. The maximum absolute atomic E-state index is 6.04. The zero-order valence-corrected chi connectivity index (χ0v) is 13.5. The van der Waals surface area contributed by atoms with E-state index in [0.29, 0.717) is 0 Å². The quantitative estimate of drug-likeness (QED) is 0.659. The first-order chi connectivity index (χ1) is 11.8. The Morgan fingerprint density at radius 1 is 0.792 bits per heavy atom. The summed E-state index contributed by atoms with van der Waals surface area (Å²) < 4.78 is 0. The Kier molecular flexibility index (Phi) is 2.72. The number of hydrogen-bond acceptors (Lipinski definition) is 2. The van der Waals surface area contributed by atoms with Crippen molar-refractivity contribution in [3.05, 3.63) is 94.7 Å². The van der Waals surface area contributed by atoms with Gasteiger partial charge >= 0.3 is 0 Å². The highest BCUT2D eigenvalue weighted by Crippen LogP contribution is 2.54. The van der Waals surface area contributed by atoms with E-state index in [1.807, 2.05) is 7.05 Å². The van der Waals surface area contributed by atoms with Crippen LogP contribution < -0.4 is 5.73 Å². The molecule has 0 saturated heterocycles. The Labute approximate surface area is 141 Å². The third kappa shape index (κ3) is 1.58. The van der Waals surface area contributed by atoms with Crippen LogP contribution >= 0.6 is 0 Å². The summed E-state index contributed by atoms with van der Waals surface area (Å²) in [6.07, 6.45) is 1.76. The van der Waals surface area contributed by atoms with Crippen LogP contribution in [-0.4, -0.2) is 12.8 Å². The van der Waals surface area contributed by atoms with E-state index in [-0.39, 0.29) is 11.8 Å². The Morgan fingerprint density at radius 3 is 1.92 bits per heavy atom. The molecule has 2 unspecified atom stereocenters. The zero-order valence-electron chi connectivity index (χ0n) is 13.5. The van der Waals surface area contributed by atoms with Crippen LogP contribution in [0.4, 0.5) is 0 Å². The first-order valence-electron chi connectivity index (χ1n) is 8.33. The molecule has 24 heavy (non-hydrogen) atoms. The molecule has 2 nitrogen and oxygen atoms in total. The highest BCUT2D eigenvalue weighted by molar-refractivity contribution is 6.13. The lowest BCUT2D eigenvalue weighted by Crippen LogP contribution is -2.35. The molecule has 0 heterocycles. The largest absolute Gasteiger partial charge is 0.404 e. The van der Waals surface area contributed by atoms with Crippen molar-refractivity contribution in [1.29, 1.82) is 0 Å². The van der Waals surface area contributed by atoms with E-state index in [1.54, 1.807) is 6.20 Å². The maximum atomic E-state index is 6.04. The second-order valence-corrected chi connectivity index (χ2v) is 6.55. The monoisotopic (exact) mass is 310 g/mol. The van der Waals surface area contributed by atoms with Crippen molar-refractivity contribution in [3.63, 3.8) is 0 Å². The minimum atomic E-state index is 0.186. The Balaban J connectivity index is 1.92. The van der Waals surface area contributed by atoms with Gasteiger partial charge in [-0.15, -0.1) is 0 Å². The molecule has 3 aromatic carbocycles. The molecule has 2 heteroatoms. The van der Waals surface area contributed by atoms with E-state index < -0.39 is 0 Å². The number of benzene rings is 3. The lowest BCUT2D eigenvalue weighted by atomic mass is 9.60. The average Bonchev–Trinajstić information content (AvgIpc) is 2.65. The molecule has 0 amide bonds. The number of aliphatic imine (C=N–C) groups is 1. The van der Waals surface area contributed by atoms with Crippen molar-refractivity contribution in [2.45, 2.75) is 11.8 Å². The Bertz CT molecular complexity index is 959. The van der Waals surface area contributed by atoms with Gasteiger partial charge in [0.2, 0.25) is 0 Å². The predicted molar refractivity (Wildman–Crippen MR) is 99.7 cm³/mol. The van der Waals surface area contributed by atoms with Crippen LogP contribution in [0.3, 0.4) is 0 Å². The summed E-state index contributed by atoms with van der Waals surface area (Å²) in [5.41, 5.74) is 13.8. The minimum Gasteiger partial charge on any atom is -0.404 e.